The van der Waals surface area contributed by atoms with Gasteiger partial charge in [-0.2, -0.15) is 0 Å². The van der Waals surface area contributed by atoms with Gasteiger partial charge in [0.2, 0.25) is 0 Å². The molecule has 0 spiro atoms. The molecule has 1 saturated carbocycles. The molecule has 152 valence electrons. The van der Waals surface area contributed by atoms with Gasteiger partial charge >= 0.3 is 0 Å². The van der Waals surface area contributed by atoms with E-state index < -0.39 is 0 Å². The highest BCUT2D eigenvalue weighted by Crippen LogP contribution is 2.41. The second-order valence-electron chi connectivity index (χ2n) is 7.32. The molecule has 0 unspecified atom stereocenters. The first-order chi connectivity index (χ1) is 14.1. The summed E-state index contributed by atoms with van der Waals surface area (Å²) >= 11 is 7.59. The molecule has 6 nitrogen and oxygen atoms in total. The van der Waals surface area contributed by atoms with Gasteiger partial charge in [-0.15, -0.1) is 11.3 Å². The summed E-state index contributed by atoms with van der Waals surface area (Å²) in [5.74, 6) is 1.10. The van der Waals surface area contributed by atoms with Gasteiger partial charge in [-0.3, -0.25) is 9.78 Å². The molecule has 0 aliphatic heterocycles. The highest BCUT2D eigenvalue weighted by molar-refractivity contribution is 7.18. The molecule has 3 aromatic rings. The smallest absolute Gasteiger partial charge is 0.257 e. The molecule has 2 heterocycles. The molecule has 1 amide bonds. The Bertz CT molecular complexity index is 1030. The van der Waals surface area contributed by atoms with E-state index in [1.807, 2.05) is 12.1 Å². The van der Waals surface area contributed by atoms with Gasteiger partial charge in [0.15, 0.2) is 0 Å². The largest absolute Gasteiger partial charge is 0.494 e. The summed E-state index contributed by atoms with van der Waals surface area (Å²) in [4.78, 5) is 21.4. The highest BCUT2D eigenvalue weighted by atomic mass is 35.5. The van der Waals surface area contributed by atoms with Crippen LogP contribution in [0.3, 0.4) is 0 Å². The molecule has 0 radical (unpaired) electrons. The van der Waals surface area contributed by atoms with Crippen molar-refractivity contribution in [2.75, 3.05) is 19.0 Å². The fourth-order valence-electron chi connectivity index (χ4n) is 3.74. The molecule has 4 rings (SSSR count). The molecule has 0 saturated heterocycles. The summed E-state index contributed by atoms with van der Waals surface area (Å²) in [5.41, 5.74) is 1.84. The van der Waals surface area contributed by atoms with Crippen LogP contribution in [0.5, 0.6) is 5.75 Å². The Morgan fingerprint density at radius 3 is 2.76 bits per heavy atom. The van der Waals surface area contributed by atoms with Crippen LogP contribution in [0.2, 0.25) is 5.02 Å². The zero-order valence-electron chi connectivity index (χ0n) is 16.0. The first-order valence-corrected chi connectivity index (χ1v) is 10.8. The van der Waals surface area contributed by atoms with Crippen LogP contribution in [0.4, 0.5) is 5.69 Å². The number of rotatable bonds is 5. The number of aliphatic hydroxyl groups excluding tert-OH is 1. The van der Waals surface area contributed by atoms with Crippen molar-refractivity contribution >= 4 is 44.7 Å². The van der Waals surface area contributed by atoms with Crippen LogP contribution in [-0.2, 0) is 0 Å². The van der Waals surface area contributed by atoms with Crippen LogP contribution < -0.4 is 10.1 Å². The number of anilines is 1. The van der Waals surface area contributed by atoms with Crippen LogP contribution in [0, 0.1) is 5.92 Å². The van der Waals surface area contributed by atoms with Gasteiger partial charge in [-0.1, -0.05) is 11.6 Å². The average Bonchev–Trinajstić information content (AvgIpc) is 3.16. The summed E-state index contributed by atoms with van der Waals surface area (Å²) < 4.78 is 6.48. The molecule has 1 aliphatic rings. The lowest BCUT2D eigenvalue weighted by Crippen LogP contribution is -2.15. The SMILES string of the molecule is COc1cc2nc([C@H]3CC[C@H](CO)CC3)sc2cc1NC(=O)c1cncc(Cl)c1. The number of nitrogens with zero attached hydrogens (tertiary/aromatic N) is 2. The molecule has 0 atom stereocenters. The molecule has 29 heavy (non-hydrogen) atoms. The van der Waals surface area contributed by atoms with E-state index in [4.69, 9.17) is 21.3 Å². The van der Waals surface area contributed by atoms with Crippen molar-refractivity contribution in [2.45, 2.75) is 31.6 Å². The number of benzene rings is 1. The number of halogens is 1. The van der Waals surface area contributed by atoms with Crippen molar-refractivity contribution in [3.63, 3.8) is 0 Å². The lowest BCUT2D eigenvalue weighted by molar-refractivity contribution is 0.102. The lowest BCUT2D eigenvalue weighted by Gasteiger charge is -2.25. The normalized spacial score (nSPS) is 19.3. The van der Waals surface area contributed by atoms with Crippen molar-refractivity contribution in [1.29, 1.82) is 0 Å². The number of methoxy groups -OCH3 is 1. The number of hydrogen-bond acceptors (Lipinski definition) is 6. The van der Waals surface area contributed by atoms with Gasteiger partial charge in [-0.05, 0) is 43.7 Å². The van der Waals surface area contributed by atoms with Crippen molar-refractivity contribution in [3.8, 4) is 5.75 Å². The number of aliphatic hydroxyl groups is 1. The van der Waals surface area contributed by atoms with E-state index in [2.05, 4.69) is 10.3 Å². The monoisotopic (exact) mass is 431 g/mol. The Morgan fingerprint density at radius 2 is 2.07 bits per heavy atom. The first kappa shape index (κ1) is 20.1. The van der Waals surface area contributed by atoms with Crippen LogP contribution in [0.25, 0.3) is 10.2 Å². The number of ether oxygens (including phenoxy) is 1. The van der Waals surface area contributed by atoms with Crippen LogP contribution >= 0.6 is 22.9 Å². The maximum Gasteiger partial charge on any atom is 0.257 e. The number of hydrogen-bond donors (Lipinski definition) is 2. The van der Waals surface area contributed by atoms with Crippen LogP contribution in [-0.4, -0.2) is 34.7 Å². The Hall–Kier alpha value is -2.22. The Kier molecular flexibility index (Phi) is 5.99. The molecule has 0 bridgehead atoms. The van der Waals surface area contributed by atoms with Crippen molar-refractivity contribution < 1.29 is 14.6 Å². The third kappa shape index (κ3) is 4.37. The maximum absolute atomic E-state index is 12.6. The molecular formula is C21H22ClN3O3S. The Labute approximate surface area is 177 Å². The molecule has 2 aromatic heterocycles. The van der Waals surface area contributed by atoms with Crippen LogP contribution in [0.15, 0.2) is 30.6 Å². The summed E-state index contributed by atoms with van der Waals surface area (Å²) in [6.45, 7) is 0.273. The van der Waals surface area contributed by atoms with E-state index in [-0.39, 0.29) is 12.5 Å². The molecule has 2 N–H and O–H groups in total. The van der Waals surface area contributed by atoms with E-state index in [9.17, 15) is 9.90 Å². The number of amides is 1. The van der Waals surface area contributed by atoms with Crippen molar-refractivity contribution in [2.24, 2.45) is 5.92 Å². The Balaban J connectivity index is 1.59. The number of fused-ring (bicyclic) bond motifs is 1. The minimum atomic E-state index is -0.301. The zero-order valence-corrected chi connectivity index (χ0v) is 17.6. The predicted octanol–water partition coefficient (Wildman–Crippen LogP) is 4.87. The third-order valence-corrected chi connectivity index (χ3v) is 6.78. The van der Waals surface area contributed by atoms with Gasteiger partial charge in [0, 0.05) is 31.0 Å². The summed E-state index contributed by atoms with van der Waals surface area (Å²) in [6.07, 6.45) is 7.13. The number of thiazole rings is 1. The van der Waals surface area contributed by atoms with Crippen LogP contribution in [0.1, 0.15) is 47.0 Å². The van der Waals surface area contributed by atoms with Gasteiger partial charge in [0.1, 0.15) is 5.75 Å². The van der Waals surface area contributed by atoms with Crippen molar-refractivity contribution in [3.05, 3.63) is 46.2 Å². The maximum atomic E-state index is 12.6. The van der Waals surface area contributed by atoms with Gasteiger partial charge < -0.3 is 15.2 Å². The highest BCUT2D eigenvalue weighted by Gasteiger charge is 2.25. The van der Waals surface area contributed by atoms with Crippen molar-refractivity contribution in [1.82, 2.24) is 9.97 Å². The predicted molar refractivity (Wildman–Crippen MR) is 115 cm³/mol. The number of carbonyl (C=O) groups excluding carboxylic acids is 1. The second kappa shape index (κ2) is 8.65. The van der Waals surface area contributed by atoms with E-state index in [0.717, 1.165) is 40.9 Å². The minimum Gasteiger partial charge on any atom is -0.494 e. The third-order valence-electron chi connectivity index (χ3n) is 5.40. The summed E-state index contributed by atoms with van der Waals surface area (Å²) in [6, 6.07) is 5.34. The Morgan fingerprint density at radius 1 is 1.28 bits per heavy atom. The van der Waals surface area contributed by atoms with E-state index in [0.29, 0.717) is 33.9 Å². The fourth-order valence-corrected chi connectivity index (χ4v) is 5.07. The lowest BCUT2D eigenvalue weighted by atomic mass is 9.83. The number of pyridine rings is 1. The minimum absolute atomic E-state index is 0.273. The van der Waals surface area contributed by atoms with Gasteiger partial charge in [-0.25, -0.2) is 4.98 Å². The average molecular weight is 432 g/mol. The molecular weight excluding hydrogens is 410 g/mol. The quantitative estimate of drug-likeness (QED) is 0.601. The summed E-state index contributed by atoms with van der Waals surface area (Å²) in [7, 11) is 1.57. The number of nitrogens with one attached hydrogen (secondary N) is 1. The molecule has 1 aromatic carbocycles. The molecule has 8 heteroatoms. The van der Waals surface area contributed by atoms with E-state index in [1.54, 1.807) is 24.5 Å². The standard InChI is InChI=1S/C21H22ClN3O3S/c1-28-18-7-17-19(29-21(25-17)13-4-2-12(11-26)3-5-13)8-16(18)24-20(27)14-6-15(22)10-23-9-14/h6-10,12-13,26H,2-5,11H2,1H3,(H,24,27)/t12-,13-. The van der Waals surface area contributed by atoms with Gasteiger partial charge in [0.25, 0.3) is 5.91 Å². The number of carbonyl (C=O) groups is 1. The summed E-state index contributed by atoms with van der Waals surface area (Å²) in [5, 5.41) is 13.8. The molecule has 1 aliphatic carbocycles. The first-order valence-electron chi connectivity index (χ1n) is 9.58. The second-order valence-corrected chi connectivity index (χ2v) is 8.82. The molecule has 1 fully saturated rings. The zero-order chi connectivity index (χ0) is 20.4. The van der Waals surface area contributed by atoms with Gasteiger partial charge in [0.05, 0.1) is 38.6 Å². The number of aromatic nitrogens is 2. The topological polar surface area (TPSA) is 84.3 Å². The fraction of sp³-hybridized carbons (Fsp3) is 0.381. The van der Waals surface area contributed by atoms with E-state index >= 15 is 0 Å². The van der Waals surface area contributed by atoms with E-state index in [1.165, 1.54) is 12.4 Å².